The molecule has 1 aromatic heterocycles. The first kappa shape index (κ1) is 13.6. The average molecular weight is 326 g/mol. The van der Waals surface area contributed by atoms with Crippen LogP contribution >= 0.6 is 27.3 Å². The molecule has 2 aromatic rings. The highest BCUT2D eigenvalue weighted by Gasteiger charge is 2.09. The van der Waals surface area contributed by atoms with Gasteiger partial charge in [0.15, 0.2) is 0 Å². The fraction of sp³-hybridized carbons (Fsp3) is 0.286. The molecule has 0 radical (unpaired) electrons. The summed E-state index contributed by atoms with van der Waals surface area (Å²) in [4.78, 5) is 1.32. The Kier molecular flexibility index (Phi) is 4.80. The van der Waals surface area contributed by atoms with E-state index in [0.717, 1.165) is 23.1 Å². The largest absolute Gasteiger partial charge is 0.497 e. The molecule has 0 saturated carbocycles. The summed E-state index contributed by atoms with van der Waals surface area (Å²) in [6.45, 7) is 0. The number of methoxy groups -OCH3 is 1. The third-order valence-corrected chi connectivity index (χ3v) is 4.74. The van der Waals surface area contributed by atoms with Crippen molar-refractivity contribution in [2.45, 2.75) is 18.9 Å². The van der Waals surface area contributed by atoms with E-state index in [4.69, 9.17) is 10.5 Å². The van der Waals surface area contributed by atoms with E-state index < -0.39 is 0 Å². The van der Waals surface area contributed by atoms with Crippen molar-refractivity contribution < 1.29 is 4.74 Å². The minimum absolute atomic E-state index is 0.147. The summed E-state index contributed by atoms with van der Waals surface area (Å²) in [6.07, 6.45) is 1.79. The lowest BCUT2D eigenvalue weighted by atomic mass is 10.0. The summed E-state index contributed by atoms with van der Waals surface area (Å²) in [6, 6.07) is 10.3. The van der Waals surface area contributed by atoms with E-state index in [1.165, 1.54) is 10.4 Å². The predicted octanol–water partition coefficient (Wildman–Crippen LogP) is 3.63. The van der Waals surface area contributed by atoms with Gasteiger partial charge >= 0.3 is 0 Å². The number of nitrogens with two attached hydrogens (primary N) is 1. The Labute approximate surface area is 120 Å². The summed E-state index contributed by atoms with van der Waals surface area (Å²) in [5.41, 5.74) is 7.44. The van der Waals surface area contributed by atoms with Gasteiger partial charge in [0.1, 0.15) is 5.75 Å². The molecule has 2 N–H and O–H groups in total. The van der Waals surface area contributed by atoms with Crippen molar-refractivity contribution >= 4 is 27.3 Å². The second-order valence-electron chi connectivity index (χ2n) is 4.21. The molecule has 96 valence electrons. The van der Waals surface area contributed by atoms with Crippen LogP contribution < -0.4 is 10.5 Å². The minimum atomic E-state index is 0.147. The quantitative estimate of drug-likeness (QED) is 0.911. The van der Waals surface area contributed by atoms with Crippen LogP contribution in [0.25, 0.3) is 0 Å². The maximum Gasteiger partial charge on any atom is 0.118 e. The standard InChI is InChI=1S/C14H16BrNOS/c1-17-12-4-2-10(3-5-12)8-11(16)9-14-13(15)6-7-18-14/h2-7,11H,8-9,16H2,1H3. The Bertz CT molecular complexity index is 495. The van der Waals surface area contributed by atoms with Crippen molar-refractivity contribution in [3.05, 3.63) is 50.6 Å². The van der Waals surface area contributed by atoms with Gasteiger partial charge in [0.25, 0.3) is 0 Å². The van der Waals surface area contributed by atoms with Crippen LogP contribution in [0.1, 0.15) is 10.4 Å². The Morgan fingerprint density at radius 1 is 1.22 bits per heavy atom. The van der Waals surface area contributed by atoms with Crippen LogP contribution in [0.5, 0.6) is 5.75 Å². The van der Waals surface area contributed by atoms with Crippen molar-refractivity contribution in [1.82, 2.24) is 0 Å². The van der Waals surface area contributed by atoms with Gasteiger partial charge in [-0.1, -0.05) is 12.1 Å². The highest BCUT2D eigenvalue weighted by Crippen LogP contribution is 2.24. The Balaban J connectivity index is 1.94. The molecule has 2 nitrogen and oxygen atoms in total. The minimum Gasteiger partial charge on any atom is -0.497 e. The van der Waals surface area contributed by atoms with E-state index in [0.29, 0.717) is 0 Å². The number of hydrogen-bond donors (Lipinski definition) is 1. The van der Waals surface area contributed by atoms with Gasteiger partial charge < -0.3 is 10.5 Å². The van der Waals surface area contributed by atoms with Gasteiger partial charge in [-0.2, -0.15) is 0 Å². The van der Waals surface area contributed by atoms with Crippen molar-refractivity contribution in [1.29, 1.82) is 0 Å². The first-order chi connectivity index (χ1) is 8.69. The van der Waals surface area contributed by atoms with Gasteiger partial charge in [0, 0.05) is 15.4 Å². The van der Waals surface area contributed by atoms with Gasteiger partial charge in [-0.25, -0.2) is 0 Å². The normalized spacial score (nSPS) is 12.4. The third-order valence-electron chi connectivity index (χ3n) is 2.80. The molecule has 0 bridgehead atoms. The highest BCUT2D eigenvalue weighted by molar-refractivity contribution is 9.10. The van der Waals surface area contributed by atoms with Gasteiger partial charge in [0.2, 0.25) is 0 Å². The van der Waals surface area contributed by atoms with Crippen LogP contribution in [0.3, 0.4) is 0 Å². The van der Waals surface area contributed by atoms with E-state index in [1.807, 2.05) is 12.1 Å². The zero-order chi connectivity index (χ0) is 13.0. The molecule has 1 atom stereocenters. The van der Waals surface area contributed by atoms with Crippen molar-refractivity contribution in [2.24, 2.45) is 5.73 Å². The molecule has 0 aliphatic rings. The summed E-state index contributed by atoms with van der Waals surface area (Å²) < 4.78 is 6.30. The Morgan fingerprint density at radius 2 is 1.94 bits per heavy atom. The number of rotatable bonds is 5. The molecule has 0 saturated heterocycles. The van der Waals surface area contributed by atoms with Crippen LogP contribution in [0.15, 0.2) is 40.2 Å². The molecule has 0 amide bonds. The second kappa shape index (κ2) is 6.36. The smallest absolute Gasteiger partial charge is 0.118 e. The van der Waals surface area contributed by atoms with Crippen LogP contribution in [-0.4, -0.2) is 13.2 Å². The van der Waals surface area contributed by atoms with Crippen molar-refractivity contribution in [3.8, 4) is 5.75 Å². The lowest BCUT2D eigenvalue weighted by molar-refractivity contribution is 0.414. The lowest BCUT2D eigenvalue weighted by Crippen LogP contribution is -2.25. The average Bonchev–Trinajstić information content (AvgIpc) is 2.76. The number of thiophene rings is 1. The summed E-state index contributed by atoms with van der Waals surface area (Å²) >= 11 is 5.29. The highest BCUT2D eigenvalue weighted by atomic mass is 79.9. The fourth-order valence-corrected chi connectivity index (χ4v) is 3.45. The molecule has 0 fully saturated rings. The molecular formula is C14H16BrNOS. The van der Waals surface area contributed by atoms with Crippen LogP contribution in [0, 0.1) is 0 Å². The van der Waals surface area contributed by atoms with E-state index >= 15 is 0 Å². The third kappa shape index (κ3) is 3.57. The Hall–Kier alpha value is -0.840. The molecule has 1 aromatic carbocycles. The number of benzene rings is 1. The van der Waals surface area contributed by atoms with Crippen molar-refractivity contribution in [3.63, 3.8) is 0 Å². The first-order valence-electron chi connectivity index (χ1n) is 5.79. The molecule has 0 aliphatic carbocycles. The van der Waals surface area contributed by atoms with E-state index in [9.17, 15) is 0 Å². The van der Waals surface area contributed by atoms with Gasteiger partial charge in [0.05, 0.1) is 7.11 Å². The maximum absolute atomic E-state index is 6.19. The SMILES string of the molecule is COc1ccc(CC(N)Cc2sccc2Br)cc1. The number of ether oxygens (including phenoxy) is 1. The summed E-state index contributed by atoms with van der Waals surface area (Å²) in [7, 11) is 1.68. The lowest BCUT2D eigenvalue weighted by Gasteiger charge is -2.11. The topological polar surface area (TPSA) is 35.2 Å². The number of halogens is 1. The molecule has 0 spiro atoms. The molecule has 0 aliphatic heterocycles. The molecule has 2 rings (SSSR count). The Morgan fingerprint density at radius 3 is 2.50 bits per heavy atom. The zero-order valence-corrected chi connectivity index (χ0v) is 12.6. The molecule has 4 heteroatoms. The van der Waals surface area contributed by atoms with E-state index in [2.05, 4.69) is 39.5 Å². The number of hydrogen-bond acceptors (Lipinski definition) is 3. The first-order valence-corrected chi connectivity index (χ1v) is 7.46. The monoisotopic (exact) mass is 325 g/mol. The van der Waals surface area contributed by atoms with Crippen LogP contribution in [0.4, 0.5) is 0 Å². The zero-order valence-electron chi connectivity index (χ0n) is 10.2. The van der Waals surface area contributed by atoms with Crippen molar-refractivity contribution in [2.75, 3.05) is 7.11 Å². The molecule has 1 unspecified atom stereocenters. The van der Waals surface area contributed by atoms with Crippen LogP contribution in [0.2, 0.25) is 0 Å². The molecular weight excluding hydrogens is 310 g/mol. The second-order valence-corrected chi connectivity index (χ2v) is 6.06. The van der Waals surface area contributed by atoms with E-state index in [1.54, 1.807) is 18.4 Å². The summed E-state index contributed by atoms with van der Waals surface area (Å²) in [5.74, 6) is 0.883. The molecule has 18 heavy (non-hydrogen) atoms. The van der Waals surface area contributed by atoms with Gasteiger partial charge in [-0.3, -0.25) is 0 Å². The summed E-state index contributed by atoms with van der Waals surface area (Å²) in [5, 5.41) is 2.08. The predicted molar refractivity (Wildman–Crippen MR) is 80.4 cm³/mol. The van der Waals surface area contributed by atoms with Gasteiger partial charge in [-0.15, -0.1) is 11.3 Å². The van der Waals surface area contributed by atoms with E-state index in [-0.39, 0.29) is 6.04 Å². The molecule has 1 heterocycles. The van der Waals surface area contributed by atoms with Crippen LogP contribution in [-0.2, 0) is 12.8 Å². The maximum atomic E-state index is 6.19. The fourth-order valence-electron chi connectivity index (χ4n) is 1.85. The van der Waals surface area contributed by atoms with Gasteiger partial charge in [-0.05, 0) is 57.9 Å².